The number of aromatic nitrogens is 2. The van der Waals surface area contributed by atoms with Crippen molar-refractivity contribution in [3.8, 4) is 0 Å². The highest BCUT2D eigenvalue weighted by molar-refractivity contribution is 5.87. The van der Waals surface area contributed by atoms with Gasteiger partial charge in [0.1, 0.15) is 5.78 Å². The topological polar surface area (TPSA) is 60.9 Å². The molecule has 15 heavy (non-hydrogen) atoms. The first-order valence-electron chi connectivity index (χ1n) is 5.37. The Hall–Kier alpha value is -1.16. The van der Waals surface area contributed by atoms with Crippen molar-refractivity contribution in [2.45, 2.75) is 25.7 Å². The van der Waals surface area contributed by atoms with Gasteiger partial charge in [0, 0.05) is 31.6 Å². The van der Waals surface area contributed by atoms with E-state index in [4.69, 9.17) is 5.73 Å². The van der Waals surface area contributed by atoms with Crippen LogP contribution < -0.4 is 5.73 Å². The van der Waals surface area contributed by atoms with Gasteiger partial charge < -0.3 is 5.73 Å². The fourth-order valence-electron chi connectivity index (χ4n) is 2.14. The highest BCUT2D eigenvalue weighted by atomic mass is 16.1. The maximum atomic E-state index is 12.0. The van der Waals surface area contributed by atoms with Crippen LogP contribution in [0.2, 0.25) is 0 Å². The smallest absolute Gasteiger partial charge is 0.144 e. The van der Waals surface area contributed by atoms with E-state index < -0.39 is 0 Å². The van der Waals surface area contributed by atoms with Crippen molar-refractivity contribution in [2.24, 2.45) is 18.2 Å². The summed E-state index contributed by atoms with van der Waals surface area (Å²) >= 11 is 0. The molecule has 82 valence electrons. The summed E-state index contributed by atoms with van der Waals surface area (Å²) in [6.07, 6.45) is 7.17. The van der Waals surface area contributed by atoms with E-state index in [0.717, 1.165) is 24.8 Å². The fraction of sp³-hybridized carbons (Fsp3) is 0.636. The summed E-state index contributed by atoms with van der Waals surface area (Å²) in [6, 6.07) is 0. The molecule has 0 amide bonds. The first-order valence-corrected chi connectivity index (χ1v) is 5.37. The second kappa shape index (κ2) is 3.77. The SMILES string of the molecule is Cn1cc(CC(=O)C2(CN)CCC2)cn1. The Kier molecular flexibility index (Phi) is 2.61. The van der Waals surface area contributed by atoms with Crippen molar-refractivity contribution in [3.63, 3.8) is 0 Å². The third kappa shape index (κ3) is 1.81. The summed E-state index contributed by atoms with van der Waals surface area (Å²) in [5.74, 6) is 0.282. The molecule has 1 saturated carbocycles. The van der Waals surface area contributed by atoms with Gasteiger partial charge in [-0.1, -0.05) is 6.42 Å². The standard InChI is InChI=1S/C11H17N3O/c1-14-7-9(6-13-14)5-10(15)11(8-12)3-2-4-11/h6-7H,2-5,8,12H2,1H3. The third-order valence-electron chi connectivity index (χ3n) is 3.42. The van der Waals surface area contributed by atoms with E-state index in [1.54, 1.807) is 10.9 Å². The van der Waals surface area contributed by atoms with Crippen LogP contribution in [0.25, 0.3) is 0 Å². The van der Waals surface area contributed by atoms with E-state index in [0.29, 0.717) is 13.0 Å². The number of rotatable bonds is 4. The van der Waals surface area contributed by atoms with Crippen LogP contribution >= 0.6 is 0 Å². The number of carbonyl (C=O) groups is 1. The quantitative estimate of drug-likeness (QED) is 0.789. The Labute approximate surface area is 89.5 Å². The van der Waals surface area contributed by atoms with Crippen LogP contribution in [0.15, 0.2) is 12.4 Å². The zero-order valence-corrected chi connectivity index (χ0v) is 9.07. The molecule has 1 aromatic rings. The minimum atomic E-state index is -0.212. The van der Waals surface area contributed by atoms with E-state index in [1.807, 2.05) is 13.2 Å². The molecule has 1 aliphatic rings. The molecule has 1 heterocycles. The van der Waals surface area contributed by atoms with E-state index >= 15 is 0 Å². The summed E-state index contributed by atoms with van der Waals surface area (Å²) in [4.78, 5) is 12.0. The van der Waals surface area contributed by atoms with Crippen LogP contribution in [0, 0.1) is 5.41 Å². The Morgan fingerprint density at radius 3 is 2.80 bits per heavy atom. The zero-order chi connectivity index (χ0) is 10.9. The van der Waals surface area contributed by atoms with Gasteiger partial charge in [-0.15, -0.1) is 0 Å². The van der Waals surface area contributed by atoms with Crippen molar-refractivity contribution >= 4 is 5.78 Å². The van der Waals surface area contributed by atoms with Crippen LogP contribution in [0.1, 0.15) is 24.8 Å². The van der Waals surface area contributed by atoms with Gasteiger partial charge >= 0.3 is 0 Å². The van der Waals surface area contributed by atoms with Gasteiger partial charge in [-0.25, -0.2) is 0 Å². The summed E-state index contributed by atoms with van der Waals surface area (Å²) in [5.41, 5.74) is 6.46. The molecule has 1 aliphatic carbocycles. The number of Topliss-reactive ketones (excluding diaryl/α,β-unsaturated/α-hetero) is 1. The highest BCUT2D eigenvalue weighted by Gasteiger charge is 2.42. The molecule has 0 unspecified atom stereocenters. The van der Waals surface area contributed by atoms with Crippen molar-refractivity contribution in [1.29, 1.82) is 0 Å². The predicted octanol–water partition coefficient (Wildman–Crippen LogP) is 0.661. The molecule has 0 spiro atoms. The van der Waals surface area contributed by atoms with E-state index in [-0.39, 0.29) is 11.2 Å². The second-order valence-corrected chi connectivity index (χ2v) is 4.46. The molecule has 1 fully saturated rings. The molecular formula is C11H17N3O. The first kappa shape index (κ1) is 10.4. The summed E-state index contributed by atoms with van der Waals surface area (Å²) < 4.78 is 1.72. The van der Waals surface area contributed by atoms with Crippen LogP contribution in [-0.2, 0) is 18.3 Å². The van der Waals surface area contributed by atoms with Crippen molar-refractivity contribution < 1.29 is 4.79 Å². The van der Waals surface area contributed by atoms with Gasteiger partial charge in [-0.2, -0.15) is 5.10 Å². The van der Waals surface area contributed by atoms with Crippen LogP contribution in [-0.4, -0.2) is 22.1 Å². The molecule has 2 N–H and O–H groups in total. The fourth-order valence-corrected chi connectivity index (χ4v) is 2.14. The van der Waals surface area contributed by atoms with E-state index in [2.05, 4.69) is 5.10 Å². The lowest BCUT2D eigenvalue weighted by Gasteiger charge is -2.39. The Balaban J connectivity index is 2.03. The molecule has 0 saturated heterocycles. The Morgan fingerprint density at radius 2 is 2.40 bits per heavy atom. The van der Waals surface area contributed by atoms with Crippen molar-refractivity contribution in [3.05, 3.63) is 18.0 Å². The predicted molar refractivity (Wildman–Crippen MR) is 57.3 cm³/mol. The molecule has 1 aromatic heterocycles. The van der Waals surface area contributed by atoms with Gasteiger partial charge in [0.2, 0.25) is 0 Å². The molecule has 2 rings (SSSR count). The van der Waals surface area contributed by atoms with Gasteiger partial charge in [0.25, 0.3) is 0 Å². The van der Waals surface area contributed by atoms with E-state index in [9.17, 15) is 4.79 Å². The zero-order valence-electron chi connectivity index (χ0n) is 9.07. The minimum absolute atomic E-state index is 0.212. The molecule has 4 heteroatoms. The number of hydrogen-bond donors (Lipinski definition) is 1. The normalized spacial score (nSPS) is 18.5. The molecule has 0 bridgehead atoms. The molecular weight excluding hydrogens is 190 g/mol. The van der Waals surface area contributed by atoms with Crippen molar-refractivity contribution in [1.82, 2.24) is 9.78 Å². The number of carbonyl (C=O) groups excluding carboxylic acids is 1. The van der Waals surface area contributed by atoms with Crippen molar-refractivity contribution in [2.75, 3.05) is 6.54 Å². The van der Waals surface area contributed by atoms with Gasteiger partial charge in [0.05, 0.1) is 6.20 Å². The van der Waals surface area contributed by atoms with Crippen LogP contribution in [0.3, 0.4) is 0 Å². The molecule has 0 aliphatic heterocycles. The minimum Gasteiger partial charge on any atom is -0.329 e. The maximum absolute atomic E-state index is 12.0. The third-order valence-corrected chi connectivity index (χ3v) is 3.42. The summed E-state index contributed by atoms with van der Waals surface area (Å²) in [5, 5.41) is 4.05. The second-order valence-electron chi connectivity index (χ2n) is 4.46. The number of aryl methyl sites for hydroxylation is 1. The Bertz CT molecular complexity index is 360. The summed E-state index contributed by atoms with van der Waals surface area (Å²) in [6.45, 7) is 0.492. The van der Waals surface area contributed by atoms with Crippen LogP contribution in [0.5, 0.6) is 0 Å². The number of nitrogens with zero attached hydrogens (tertiary/aromatic N) is 2. The van der Waals surface area contributed by atoms with Gasteiger partial charge in [-0.05, 0) is 18.4 Å². The Morgan fingerprint density at radius 1 is 1.67 bits per heavy atom. The monoisotopic (exact) mass is 207 g/mol. The highest BCUT2D eigenvalue weighted by Crippen LogP contribution is 2.41. The first-order chi connectivity index (χ1) is 7.16. The van der Waals surface area contributed by atoms with Crippen LogP contribution in [0.4, 0.5) is 0 Å². The summed E-state index contributed by atoms with van der Waals surface area (Å²) in [7, 11) is 1.86. The maximum Gasteiger partial charge on any atom is 0.144 e. The van der Waals surface area contributed by atoms with Gasteiger partial charge in [0.15, 0.2) is 0 Å². The number of hydrogen-bond acceptors (Lipinski definition) is 3. The molecule has 4 nitrogen and oxygen atoms in total. The largest absolute Gasteiger partial charge is 0.329 e. The average Bonchev–Trinajstić information content (AvgIpc) is 2.50. The van der Waals surface area contributed by atoms with E-state index in [1.165, 1.54) is 0 Å². The lowest BCUT2D eigenvalue weighted by Crippen LogP contribution is -2.45. The molecule has 0 atom stereocenters. The molecule has 0 radical (unpaired) electrons. The number of nitrogens with two attached hydrogens (primary N) is 1. The lowest BCUT2D eigenvalue weighted by molar-refractivity contribution is -0.132. The lowest BCUT2D eigenvalue weighted by atomic mass is 9.65. The van der Waals surface area contributed by atoms with Gasteiger partial charge in [-0.3, -0.25) is 9.48 Å². The molecule has 0 aromatic carbocycles. The average molecular weight is 207 g/mol. The number of ketones is 1.